The molecule has 1 heterocycles. The number of rotatable bonds is 18. The Kier molecular flexibility index (Phi) is 15.1. The Morgan fingerprint density at radius 3 is 2.03 bits per heavy atom. The number of hydrogen-bond acceptors (Lipinski definition) is 8. The number of benzene rings is 6. The van der Waals surface area contributed by atoms with Gasteiger partial charge in [-0.15, -0.1) is 0 Å². The lowest BCUT2D eigenvalue weighted by atomic mass is 9.88. The molecule has 0 unspecified atom stereocenters. The van der Waals surface area contributed by atoms with Crippen LogP contribution in [-0.4, -0.2) is 79.7 Å². The second-order valence-corrected chi connectivity index (χ2v) is 15.2. The standard InChI is InChI=1S/C51H53N5O5/c57-42-23-21-37(22-24-42)25-29-52-30-26-49(59)54-41-16-9-15-40(35-41)48(58)36-53-31-34-56-32-27-43(28-33-56)61-51(60)55-47-20-10-19-45(39-13-5-2-6-14-39)50(47)46-18-8-7-17-44(46)38-11-3-1-4-12-38/h1-24,35,43,52-53,57H,25-34,36H2,(H,54,59)(H,55,60). The van der Waals surface area contributed by atoms with Crippen LogP contribution in [0.15, 0.2) is 152 Å². The molecule has 0 radical (unpaired) electrons. The molecule has 5 N–H and O–H groups in total. The number of phenols is 1. The Hall–Kier alpha value is -6.59. The molecule has 7 rings (SSSR count). The third-order valence-corrected chi connectivity index (χ3v) is 10.9. The summed E-state index contributed by atoms with van der Waals surface area (Å²) in [5.41, 5.74) is 9.11. The van der Waals surface area contributed by atoms with E-state index in [1.807, 2.05) is 72.8 Å². The number of ether oxygens (including phenoxy) is 1. The maximum atomic E-state index is 13.5. The number of piperidine rings is 1. The number of amides is 2. The molecule has 0 atom stereocenters. The van der Waals surface area contributed by atoms with Crippen LogP contribution < -0.4 is 21.3 Å². The van der Waals surface area contributed by atoms with E-state index in [0.717, 1.165) is 71.5 Å². The topological polar surface area (TPSA) is 132 Å². The third-order valence-electron chi connectivity index (χ3n) is 10.9. The highest BCUT2D eigenvalue weighted by Gasteiger charge is 2.24. The number of likely N-dealkylation sites (tertiary alicyclic amines) is 1. The maximum absolute atomic E-state index is 13.5. The normalized spacial score (nSPS) is 13.0. The van der Waals surface area contributed by atoms with Gasteiger partial charge in [0, 0.05) is 56.0 Å². The molecule has 1 saturated heterocycles. The predicted octanol–water partition coefficient (Wildman–Crippen LogP) is 9.04. The van der Waals surface area contributed by atoms with Crippen LogP contribution in [0.4, 0.5) is 16.2 Å². The van der Waals surface area contributed by atoms with Crippen molar-refractivity contribution in [1.29, 1.82) is 0 Å². The van der Waals surface area contributed by atoms with Crippen molar-refractivity contribution in [2.75, 3.05) is 56.4 Å². The van der Waals surface area contributed by atoms with Gasteiger partial charge in [-0.2, -0.15) is 0 Å². The van der Waals surface area contributed by atoms with E-state index in [9.17, 15) is 19.5 Å². The van der Waals surface area contributed by atoms with E-state index in [-0.39, 0.29) is 30.1 Å². The van der Waals surface area contributed by atoms with Crippen molar-refractivity contribution in [2.45, 2.75) is 31.8 Å². The van der Waals surface area contributed by atoms with Crippen molar-refractivity contribution in [3.63, 3.8) is 0 Å². The average Bonchev–Trinajstić information content (AvgIpc) is 3.29. The number of aromatic hydroxyl groups is 1. The summed E-state index contributed by atoms with van der Waals surface area (Å²) in [6.07, 6.45) is 1.86. The van der Waals surface area contributed by atoms with Gasteiger partial charge in [-0.25, -0.2) is 4.79 Å². The van der Waals surface area contributed by atoms with E-state index in [2.05, 4.69) is 68.6 Å². The van der Waals surface area contributed by atoms with E-state index in [1.165, 1.54) is 0 Å². The second-order valence-electron chi connectivity index (χ2n) is 15.2. The minimum atomic E-state index is -0.471. The predicted molar refractivity (Wildman–Crippen MR) is 244 cm³/mol. The summed E-state index contributed by atoms with van der Waals surface area (Å²) in [6.45, 7) is 4.40. The van der Waals surface area contributed by atoms with Crippen LogP contribution >= 0.6 is 0 Å². The van der Waals surface area contributed by atoms with Gasteiger partial charge in [0.25, 0.3) is 0 Å². The highest BCUT2D eigenvalue weighted by atomic mass is 16.6. The fourth-order valence-electron chi connectivity index (χ4n) is 7.67. The lowest BCUT2D eigenvalue weighted by molar-refractivity contribution is -0.116. The minimum absolute atomic E-state index is 0.0499. The summed E-state index contributed by atoms with van der Waals surface area (Å²) in [7, 11) is 0. The first-order valence-electron chi connectivity index (χ1n) is 21.1. The summed E-state index contributed by atoms with van der Waals surface area (Å²) in [6, 6.07) is 48.9. The number of Topliss-reactive ketones (excluding diaryl/α,β-unsaturated/α-hetero) is 1. The van der Waals surface area contributed by atoms with Crippen LogP contribution in [0.2, 0.25) is 0 Å². The largest absolute Gasteiger partial charge is 0.508 e. The van der Waals surface area contributed by atoms with E-state index in [1.54, 1.807) is 36.4 Å². The van der Waals surface area contributed by atoms with Gasteiger partial charge < -0.3 is 30.7 Å². The summed E-state index contributed by atoms with van der Waals surface area (Å²) in [4.78, 5) is 41.4. The van der Waals surface area contributed by atoms with Crippen molar-refractivity contribution >= 4 is 29.2 Å². The molecule has 10 heteroatoms. The molecule has 0 bridgehead atoms. The van der Waals surface area contributed by atoms with Crippen LogP contribution in [0.5, 0.6) is 5.75 Å². The zero-order valence-corrected chi connectivity index (χ0v) is 34.3. The van der Waals surface area contributed by atoms with Gasteiger partial charge in [-0.05, 0) is 89.5 Å². The number of nitrogens with zero attached hydrogens (tertiary/aromatic N) is 1. The first-order valence-corrected chi connectivity index (χ1v) is 21.1. The Morgan fingerprint density at radius 1 is 0.639 bits per heavy atom. The number of ketones is 1. The highest BCUT2D eigenvalue weighted by molar-refractivity contribution is 6.02. The maximum Gasteiger partial charge on any atom is 0.411 e. The van der Waals surface area contributed by atoms with Crippen LogP contribution in [-0.2, 0) is 16.0 Å². The number of anilines is 2. The van der Waals surface area contributed by atoms with Crippen molar-refractivity contribution in [3.8, 4) is 39.1 Å². The Bertz CT molecular complexity index is 2360. The molecule has 6 aromatic rings. The first-order chi connectivity index (χ1) is 29.9. The van der Waals surface area contributed by atoms with E-state index in [4.69, 9.17) is 4.74 Å². The number of carbonyl (C=O) groups excluding carboxylic acids is 3. The van der Waals surface area contributed by atoms with Crippen molar-refractivity contribution < 1.29 is 24.2 Å². The molecule has 0 spiro atoms. The van der Waals surface area contributed by atoms with Gasteiger partial charge in [-0.1, -0.05) is 121 Å². The lowest BCUT2D eigenvalue weighted by Gasteiger charge is -2.31. The van der Waals surface area contributed by atoms with Crippen LogP contribution in [0.3, 0.4) is 0 Å². The zero-order chi connectivity index (χ0) is 42.2. The molecule has 2 amide bonds. The van der Waals surface area contributed by atoms with Gasteiger partial charge in [0.2, 0.25) is 5.91 Å². The molecule has 312 valence electrons. The van der Waals surface area contributed by atoms with E-state index >= 15 is 0 Å². The van der Waals surface area contributed by atoms with E-state index in [0.29, 0.717) is 49.3 Å². The molecule has 1 aliphatic heterocycles. The Labute approximate surface area is 358 Å². The molecule has 1 aliphatic rings. The number of nitrogens with one attached hydrogen (secondary N) is 4. The second kappa shape index (κ2) is 21.6. The quantitative estimate of drug-likeness (QED) is 0.0429. The fraction of sp³-hybridized carbons (Fsp3) is 0.235. The van der Waals surface area contributed by atoms with E-state index < -0.39 is 6.09 Å². The SMILES string of the molecule is O=C(CCNCCc1ccc(O)cc1)Nc1cccc(C(=O)CNCCN2CCC(OC(=O)Nc3cccc(-c4ccccc4)c3-c3ccccc3-c3ccccc3)CC2)c1. The van der Waals surface area contributed by atoms with Gasteiger partial charge in [-0.3, -0.25) is 14.9 Å². The number of phenolic OH excluding ortho intramolecular Hbond substituents is 1. The van der Waals surface area contributed by atoms with Crippen LogP contribution in [0, 0.1) is 0 Å². The summed E-state index contributed by atoms with van der Waals surface area (Å²) in [5.74, 6) is 0.0679. The molecule has 0 aromatic heterocycles. The average molecular weight is 816 g/mol. The molecule has 6 aromatic carbocycles. The Morgan fingerprint density at radius 2 is 1.30 bits per heavy atom. The van der Waals surface area contributed by atoms with Crippen LogP contribution in [0.25, 0.3) is 33.4 Å². The molecular weight excluding hydrogens is 763 g/mol. The minimum Gasteiger partial charge on any atom is -0.508 e. The molecule has 1 fully saturated rings. The molecule has 0 aliphatic carbocycles. The van der Waals surface area contributed by atoms with Crippen molar-refractivity contribution in [2.24, 2.45) is 0 Å². The van der Waals surface area contributed by atoms with Gasteiger partial charge >= 0.3 is 6.09 Å². The molecule has 61 heavy (non-hydrogen) atoms. The van der Waals surface area contributed by atoms with Crippen molar-refractivity contribution in [3.05, 3.63) is 163 Å². The molecular formula is C51H53N5O5. The summed E-state index contributed by atoms with van der Waals surface area (Å²) >= 11 is 0. The van der Waals surface area contributed by atoms with Gasteiger partial charge in [0.05, 0.1) is 12.2 Å². The molecule has 10 nitrogen and oxygen atoms in total. The lowest BCUT2D eigenvalue weighted by Crippen LogP contribution is -2.42. The zero-order valence-electron chi connectivity index (χ0n) is 34.3. The Balaban J connectivity index is 0.844. The van der Waals surface area contributed by atoms with Crippen LogP contribution in [0.1, 0.15) is 35.2 Å². The van der Waals surface area contributed by atoms with Gasteiger partial charge in [0.15, 0.2) is 5.78 Å². The summed E-state index contributed by atoms with van der Waals surface area (Å²) in [5, 5.41) is 22.0. The van der Waals surface area contributed by atoms with Crippen molar-refractivity contribution in [1.82, 2.24) is 15.5 Å². The third kappa shape index (κ3) is 12.2. The first kappa shape index (κ1) is 42.5. The monoisotopic (exact) mass is 815 g/mol. The fourth-order valence-corrected chi connectivity index (χ4v) is 7.67. The summed E-state index contributed by atoms with van der Waals surface area (Å²) < 4.78 is 6.01. The number of carbonyl (C=O) groups is 3. The smallest absolute Gasteiger partial charge is 0.411 e. The number of hydrogen-bond donors (Lipinski definition) is 5. The van der Waals surface area contributed by atoms with Gasteiger partial charge in [0.1, 0.15) is 11.9 Å². The highest BCUT2D eigenvalue weighted by Crippen LogP contribution is 2.42. The molecule has 0 saturated carbocycles.